The number of hydrogen-bond donors (Lipinski definition) is 1. The van der Waals surface area contributed by atoms with E-state index in [1.165, 1.54) is 0 Å². The van der Waals surface area contributed by atoms with Crippen molar-refractivity contribution in [2.75, 3.05) is 36.9 Å². The minimum atomic E-state index is 0.218. The van der Waals surface area contributed by atoms with Crippen LogP contribution in [0.3, 0.4) is 0 Å². The van der Waals surface area contributed by atoms with Crippen LogP contribution in [-0.2, 0) is 4.74 Å². The fourth-order valence-corrected chi connectivity index (χ4v) is 1.91. The van der Waals surface area contributed by atoms with Crippen molar-refractivity contribution in [3.8, 4) is 11.4 Å². The predicted octanol–water partition coefficient (Wildman–Crippen LogP) is 0.352. The Morgan fingerprint density at radius 1 is 1.16 bits per heavy atom. The maximum Gasteiger partial charge on any atom is 0.230 e. The zero-order valence-corrected chi connectivity index (χ0v) is 10.4. The summed E-state index contributed by atoms with van der Waals surface area (Å²) < 4.78 is 5.31. The Labute approximate surface area is 110 Å². The van der Waals surface area contributed by atoms with Crippen LogP contribution in [0.4, 0.5) is 11.9 Å². The van der Waals surface area contributed by atoms with Gasteiger partial charge in [0.2, 0.25) is 11.9 Å². The fourth-order valence-electron chi connectivity index (χ4n) is 1.91. The van der Waals surface area contributed by atoms with Crippen molar-refractivity contribution in [3.05, 3.63) is 24.5 Å². The number of nitrogens with two attached hydrogens (primary N) is 1. The molecule has 0 aromatic carbocycles. The van der Waals surface area contributed by atoms with Gasteiger partial charge in [0.1, 0.15) is 0 Å². The van der Waals surface area contributed by atoms with Crippen LogP contribution in [0, 0.1) is 0 Å². The van der Waals surface area contributed by atoms with E-state index in [2.05, 4.69) is 19.9 Å². The predicted molar refractivity (Wildman–Crippen MR) is 70.5 cm³/mol. The average molecular weight is 258 g/mol. The quantitative estimate of drug-likeness (QED) is 0.831. The summed E-state index contributed by atoms with van der Waals surface area (Å²) in [5.41, 5.74) is 6.59. The lowest BCUT2D eigenvalue weighted by atomic mass is 10.3. The van der Waals surface area contributed by atoms with E-state index in [0.29, 0.717) is 25.0 Å². The topological polar surface area (TPSA) is 90.0 Å². The first kappa shape index (κ1) is 11.8. The number of anilines is 2. The van der Waals surface area contributed by atoms with Crippen molar-refractivity contribution in [2.45, 2.75) is 0 Å². The molecule has 19 heavy (non-hydrogen) atoms. The Morgan fingerprint density at radius 2 is 2.00 bits per heavy atom. The molecule has 98 valence electrons. The molecule has 0 atom stereocenters. The summed E-state index contributed by atoms with van der Waals surface area (Å²) in [4.78, 5) is 18.9. The van der Waals surface area contributed by atoms with Gasteiger partial charge in [0.05, 0.1) is 13.2 Å². The molecule has 1 saturated heterocycles. The van der Waals surface area contributed by atoms with E-state index in [9.17, 15) is 0 Å². The van der Waals surface area contributed by atoms with Gasteiger partial charge in [0.15, 0.2) is 5.82 Å². The first-order valence-corrected chi connectivity index (χ1v) is 6.07. The third-order valence-electron chi connectivity index (χ3n) is 2.85. The largest absolute Gasteiger partial charge is 0.378 e. The first-order chi connectivity index (χ1) is 9.33. The molecule has 7 heteroatoms. The Hall–Kier alpha value is -2.28. The monoisotopic (exact) mass is 258 g/mol. The maximum atomic E-state index is 5.76. The summed E-state index contributed by atoms with van der Waals surface area (Å²) in [6, 6.07) is 3.73. The van der Waals surface area contributed by atoms with Gasteiger partial charge in [-0.05, 0) is 12.1 Å². The van der Waals surface area contributed by atoms with E-state index < -0.39 is 0 Å². The lowest BCUT2D eigenvalue weighted by Crippen LogP contribution is -2.37. The number of pyridine rings is 1. The Balaban J connectivity index is 1.96. The average Bonchev–Trinajstić information content (AvgIpc) is 2.48. The second-order valence-electron chi connectivity index (χ2n) is 4.16. The van der Waals surface area contributed by atoms with Gasteiger partial charge in [-0.25, -0.2) is 0 Å². The van der Waals surface area contributed by atoms with Crippen LogP contribution in [0.25, 0.3) is 11.4 Å². The molecular formula is C12H14N6O. The molecule has 2 N–H and O–H groups in total. The number of aromatic nitrogens is 4. The third-order valence-corrected chi connectivity index (χ3v) is 2.85. The summed E-state index contributed by atoms with van der Waals surface area (Å²) in [7, 11) is 0. The van der Waals surface area contributed by atoms with Crippen LogP contribution >= 0.6 is 0 Å². The molecule has 2 aromatic rings. The highest BCUT2D eigenvalue weighted by molar-refractivity contribution is 5.56. The SMILES string of the molecule is Nc1nc(-c2cccnc2)nc(N2CCOCC2)n1. The number of hydrogen-bond acceptors (Lipinski definition) is 7. The molecule has 1 aliphatic rings. The van der Waals surface area contributed by atoms with Gasteiger partial charge in [-0.2, -0.15) is 15.0 Å². The molecule has 1 aliphatic heterocycles. The van der Waals surface area contributed by atoms with Gasteiger partial charge in [-0.1, -0.05) is 0 Å². The zero-order valence-electron chi connectivity index (χ0n) is 10.4. The second kappa shape index (κ2) is 5.15. The van der Waals surface area contributed by atoms with Gasteiger partial charge in [0, 0.05) is 31.0 Å². The molecule has 2 aromatic heterocycles. The summed E-state index contributed by atoms with van der Waals surface area (Å²) >= 11 is 0. The van der Waals surface area contributed by atoms with Crippen molar-refractivity contribution in [1.29, 1.82) is 0 Å². The fraction of sp³-hybridized carbons (Fsp3) is 0.333. The van der Waals surface area contributed by atoms with Crippen LogP contribution < -0.4 is 10.6 Å². The molecule has 0 unspecified atom stereocenters. The van der Waals surface area contributed by atoms with Crippen molar-refractivity contribution >= 4 is 11.9 Å². The number of ether oxygens (including phenoxy) is 1. The highest BCUT2D eigenvalue weighted by atomic mass is 16.5. The first-order valence-electron chi connectivity index (χ1n) is 6.07. The highest BCUT2D eigenvalue weighted by Crippen LogP contribution is 2.18. The molecule has 0 spiro atoms. The summed E-state index contributed by atoms with van der Waals surface area (Å²) in [6.45, 7) is 2.87. The summed E-state index contributed by atoms with van der Waals surface area (Å²) in [5, 5.41) is 0. The van der Waals surface area contributed by atoms with E-state index >= 15 is 0 Å². The summed E-state index contributed by atoms with van der Waals surface area (Å²) in [6.07, 6.45) is 3.41. The molecule has 0 aliphatic carbocycles. The lowest BCUT2D eigenvalue weighted by molar-refractivity contribution is 0.122. The minimum Gasteiger partial charge on any atom is -0.378 e. The van der Waals surface area contributed by atoms with Crippen molar-refractivity contribution in [2.24, 2.45) is 0 Å². The summed E-state index contributed by atoms with van der Waals surface area (Å²) in [5.74, 6) is 1.35. The van der Waals surface area contributed by atoms with Crippen molar-refractivity contribution < 1.29 is 4.74 Å². The molecule has 0 saturated carbocycles. The molecule has 3 heterocycles. The van der Waals surface area contributed by atoms with Gasteiger partial charge >= 0.3 is 0 Å². The van der Waals surface area contributed by atoms with Crippen molar-refractivity contribution in [3.63, 3.8) is 0 Å². The number of nitrogens with zero attached hydrogens (tertiary/aromatic N) is 5. The lowest BCUT2D eigenvalue weighted by Gasteiger charge is -2.26. The van der Waals surface area contributed by atoms with E-state index in [1.807, 2.05) is 17.0 Å². The smallest absolute Gasteiger partial charge is 0.230 e. The molecule has 1 fully saturated rings. The molecule has 3 rings (SSSR count). The van der Waals surface area contributed by atoms with Crippen LogP contribution in [0.15, 0.2) is 24.5 Å². The molecule has 7 nitrogen and oxygen atoms in total. The van der Waals surface area contributed by atoms with Gasteiger partial charge in [-0.15, -0.1) is 0 Å². The maximum absolute atomic E-state index is 5.76. The normalized spacial score (nSPS) is 15.5. The molecular weight excluding hydrogens is 244 g/mol. The van der Waals surface area contributed by atoms with Crippen LogP contribution in [0.2, 0.25) is 0 Å². The zero-order chi connectivity index (χ0) is 13.1. The van der Waals surface area contributed by atoms with Gasteiger partial charge in [-0.3, -0.25) is 4.98 Å². The second-order valence-corrected chi connectivity index (χ2v) is 4.16. The van der Waals surface area contributed by atoms with Crippen molar-refractivity contribution in [1.82, 2.24) is 19.9 Å². The van der Waals surface area contributed by atoms with E-state index in [4.69, 9.17) is 10.5 Å². The number of nitrogen functional groups attached to an aromatic ring is 1. The third kappa shape index (κ3) is 2.60. The molecule has 0 amide bonds. The number of rotatable bonds is 2. The Morgan fingerprint density at radius 3 is 2.74 bits per heavy atom. The van der Waals surface area contributed by atoms with Gasteiger partial charge < -0.3 is 15.4 Å². The number of morpholine rings is 1. The van der Waals surface area contributed by atoms with E-state index in [1.54, 1.807) is 12.4 Å². The minimum absolute atomic E-state index is 0.218. The van der Waals surface area contributed by atoms with E-state index in [-0.39, 0.29) is 5.95 Å². The molecule has 0 bridgehead atoms. The van der Waals surface area contributed by atoms with E-state index in [0.717, 1.165) is 18.7 Å². The molecule has 0 radical (unpaired) electrons. The van der Waals surface area contributed by atoms with Crippen LogP contribution in [0.1, 0.15) is 0 Å². The standard InChI is InChI=1S/C12H14N6O/c13-11-15-10(9-2-1-3-14-8-9)16-12(17-11)18-4-6-19-7-5-18/h1-3,8H,4-7H2,(H2,13,15,16,17). The highest BCUT2D eigenvalue weighted by Gasteiger charge is 2.16. The Kier molecular flexibility index (Phi) is 3.20. The van der Waals surface area contributed by atoms with Crippen LogP contribution in [-0.4, -0.2) is 46.2 Å². The van der Waals surface area contributed by atoms with Crippen LogP contribution in [0.5, 0.6) is 0 Å². The Bertz CT molecular complexity index is 555. The van der Waals surface area contributed by atoms with Gasteiger partial charge in [0.25, 0.3) is 0 Å².